The van der Waals surface area contributed by atoms with Crippen LogP contribution in [0.25, 0.3) is 11.1 Å². The lowest BCUT2D eigenvalue weighted by Crippen LogP contribution is -2.36. The third-order valence-electron chi connectivity index (χ3n) is 11.6. The van der Waals surface area contributed by atoms with E-state index in [0.717, 1.165) is 97.1 Å². The zero-order valence-electron chi connectivity index (χ0n) is 30.9. The number of carbonyl (C=O) groups is 2. The molecule has 2 aromatic heterocycles. The lowest BCUT2D eigenvalue weighted by atomic mass is 9.89. The number of aromatic nitrogens is 2. The van der Waals surface area contributed by atoms with Gasteiger partial charge >= 0.3 is 0 Å². The molecule has 0 spiro atoms. The summed E-state index contributed by atoms with van der Waals surface area (Å²) in [6.45, 7) is 6.89. The van der Waals surface area contributed by atoms with Crippen molar-refractivity contribution in [1.29, 1.82) is 0 Å². The molecule has 1 saturated heterocycles. The number of hydrogen-bond acceptors (Lipinski definition) is 9. The number of likely N-dealkylation sites (tertiary alicyclic amines) is 1. The minimum Gasteiger partial charge on any atom is -0.496 e. The maximum absolute atomic E-state index is 12.7. The van der Waals surface area contributed by atoms with Crippen molar-refractivity contribution >= 4 is 23.5 Å². The topological polar surface area (TPSA) is 110 Å². The third kappa shape index (κ3) is 7.07. The Morgan fingerprint density at radius 1 is 0.868 bits per heavy atom. The van der Waals surface area contributed by atoms with Gasteiger partial charge in [-0.15, -0.1) is 0 Å². The van der Waals surface area contributed by atoms with E-state index < -0.39 is 0 Å². The molecule has 2 aromatic carbocycles. The fourth-order valence-electron chi connectivity index (χ4n) is 8.63. The highest BCUT2D eigenvalue weighted by molar-refractivity contribution is 6.05. The molecule has 5 heterocycles. The van der Waals surface area contributed by atoms with E-state index in [2.05, 4.69) is 73.2 Å². The van der Waals surface area contributed by atoms with Gasteiger partial charge in [-0.3, -0.25) is 29.2 Å². The van der Waals surface area contributed by atoms with Gasteiger partial charge in [0, 0.05) is 92.4 Å². The number of nitrogens with one attached hydrogen (secondary N) is 1. The van der Waals surface area contributed by atoms with Crippen LogP contribution in [0.5, 0.6) is 11.5 Å². The second-order valence-corrected chi connectivity index (χ2v) is 14.9. The van der Waals surface area contributed by atoms with Gasteiger partial charge in [-0.2, -0.15) is 0 Å². The number of hydrogen-bond donors (Lipinski definition) is 1. The average Bonchev–Trinajstić information content (AvgIpc) is 3.83. The van der Waals surface area contributed by atoms with Gasteiger partial charge in [0.25, 0.3) is 5.56 Å². The zero-order chi connectivity index (χ0) is 36.6. The summed E-state index contributed by atoms with van der Waals surface area (Å²) >= 11 is 0. The summed E-state index contributed by atoms with van der Waals surface area (Å²) in [6.07, 6.45) is 7.03. The Morgan fingerprint density at radius 2 is 1.62 bits per heavy atom. The molecule has 1 unspecified atom stereocenters. The number of aliphatic imine (C=N–C) groups is 1. The largest absolute Gasteiger partial charge is 0.496 e. The number of ether oxygens (including phenoxy) is 2. The lowest BCUT2D eigenvalue weighted by Gasteiger charge is -2.34. The van der Waals surface area contributed by atoms with E-state index in [1.807, 2.05) is 6.20 Å². The molecule has 0 bridgehead atoms. The van der Waals surface area contributed by atoms with Crippen LogP contribution in [0, 0.1) is 0 Å². The van der Waals surface area contributed by atoms with Gasteiger partial charge in [0.15, 0.2) is 5.78 Å². The molecule has 11 nitrogen and oxygen atoms in total. The molecule has 8 rings (SSSR count). The fraction of sp³-hybridized carbons (Fsp3) is 0.429. The number of rotatable bonds is 10. The maximum atomic E-state index is 12.7. The zero-order valence-corrected chi connectivity index (χ0v) is 30.9. The Morgan fingerprint density at radius 3 is 2.34 bits per heavy atom. The molecule has 1 saturated carbocycles. The highest BCUT2D eigenvalue weighted by Crippen LogP contribution is 2.38. The van der Waals surface area contributed by atoms with Crippen LogP contribution in [0.15, 0.2) is 64.5 Å². The molecule has 11 heteroatoms. The van der Waals surface area contributed by atoms with Crippen molar-refractivity contribution in [2.24, 2.45) is 12.0 Å². The molecule has 1 aliphatic carbocycles. The number of carbonyl (C=O) groups excluding carboxylic acids is 2. The predicted molar refractivity (Wildman–Crippen MR) is 205 cm³/mol. The minimum absolute atomic E-state index is 0.00135. The van der Waals surface area contributed by atoms with Crippen molar-refractivity contribution in [3.63, 3.8) is 0 Å². The summed E-state index contributed by atoms with van der Waals surface area (Å²) in [5.74, 6) is 2.12. The molecule has 1 atom stereocenters. The number of nitrogens with zero attached hydrogens (tertiary/aromatic N) is 5. The van der Waals surface area contributed by atoms with Crippen LogP contribution in [-0.2, 0) is 49.4 Å². The van der Waals surface area contributed by atoms with Gasteiger partial charge in [-0.1, -0.05) is 12.1 Å². The summed E-state index contributed by atoms with van der Waals surface area (Å²) in [7, 11) is 5.18. The Hall–Kier alpha value is -5.00. The van der Waals surface area contributed by atoms with Crippen molar-refractivity contribution in [3.05, 3.63) is 98.7 Å². The summed E-state index contributed by atoms with van der Waals surface area (Å²) in [5.41, 5.74) is 9.47. The van der Waals surface area contributed by atoms with Crippen molar-refractivity contribution in [2.75, 3.05) is 39.2 Å². The molecule has 0 amide bonds. The summed E-state index contributed by atoms with van der Waals surface area (Å²) in [4.78, 5) is 45.9. The van der Waals surface area contributed by atoms with E-state index in [1.165, 1.54) is 17.0 Å². The third-order valence-corrected chi connectivity index (χ3v) is 11.6. The number of benzene rings is 2. The van der Waals surface area contributed by atoms with E-state index in [9.17, 15) is 14.4 Å². The number of pyridine rings is 1. The Labute approximate surface area is 310 Å². The number of Topliss-reactive ketones (excluding diaryl/α,β-unsaturated/α-hetero) is 2. The monoisotopic (exact) mass is 716 g/mol. The average molecular weight is 717 g/mol. The van der Waals surface area contributed by atoms with Crippen LogP contribution in [-0.4, -0.2) is 76.6 Å². The Balaban J connectivity index is 0.881. The van der Waals surface area contributed by atoms with Gasteiger partial charge in [0.05, 0.1) is 38.8 Å². The molecular formula is C42H48N6O5. The van der Waals surface area contributed by atoms with E-state index >= 15 is 0 Å². The van der Waals surface area contributed by atoms with Crippen LogP contribution in [0.4, 0.5) is 5.69 Å². The van der Waals surface area contributed by atoms with Crippen LogP contribution in [0.1, 0.15) is 71.7 Å². The standard InChI is InChI=1S/C42H48N6O5/c1-45-25-36(34-21-43-22-35(34)42(45)51)29-18-40(52-2)37(41(19-29)53-3)26-47-16-17-48-31(8-9-32(48)24-47)23-46-14-12-28(13-15-46)27-4-6-30(7-5-27)44-38-11-10-33(49)20-39(38)50/h4-9,18-19,21,25,28,38,44H,10-17,20,22-24,26H2,1-3H3. The first-order valence-corrected chi connectivity index (χ1v) is 18.8. The number of methoxy groups -OCH3 is 2. The van der Waals surface area contributed by atoms with E-state index in [4.69, 9.17) is 9.47 Å². The highest BCUT2D eigenvalue weighted by Gasteiger charge is 2.28. The number of piperidine rings is 1. The number of aryl methyl sites for hydroxylation is 1. The number of fused-ring (bicyclic) bond motifs is 2. The van der Waals surface area contributed by atoms with Gasteiger partial charge in [-0.25, -0.2) is 0 Å². The molecule has 276 valence electrons. The van der Waals surface area contributed by atoms with Crippen LogP contribution >= 0.6 is 0 Å². The normalized spacial score (nSPS) is 19.3. The van der Waals surface area contributed by atoms with E-state index in [-0.39, 0.29) is 29.6 Å². The van der Waals surface area contributed by atoms with Crippen LogP contribution in [0.3, 0.4) is 0 Å². The van der Waals surface area contributed by atoms with Crippen LogP contribution in [0.2, 0.25) is 0 Å². The van der Waals surface area contributed by atoms with Crippen molar-refractivity contribution in [1.82, 2.24) is 18.9 Å². The molecule has 0 radical (unpaired) electrons. The second-order valence-electron chi connectivity index (χ2n) is 14.9. The number of anilines is 1. The molecular weight excluding hydrogens is 668 g/mol. The van der Waals surface area contributed by atoms with Crippen LogP contribution < -0.4 is 20.3 Å². The summed E-state index contributed by atoms with van der Waals surface area (Å²) < 4.78 is 16.0. The van der Waals surface area contributed by atoms with Gasteiger partial charge < -0.3 is 23.9 Å². The van der Waals surface area contributed by atoms with Crippen molar-refractivity contribution < 1.29 is 19.1 Å². The second kappa shape index (κ2) is 14.8. The Bertz CT molecular complexity index is 2100. The minimum atomic E-state index is -0.258. The van der Waals surface area contributed by atoms with Crippen molar-refractivity contribution in [3.8, 4) is 22.6 Å². The molecule has 4 aliphatic rings. The first-order chi connectivity index (χ1) is 25.8. The molecule has 4 aromatic rings. The summed E-state index contributed by atoms with van der Waals surface area (Å²) in [5, 5.41) is 3.34. The van der Waals surface area contributed by atoms with Gasteiger partial charge in [0.2, 0.25) is 0 Å². The van der Waals surface area contributed by atoms with Gasteiger partial charge in [-0.05, 0) is 85.8 Å². The molecule has 3 aliphatic heterocycles. The molecule has 1 N–H and O–H groups in total. The lowest BCUT2D eigenvalue weighted by molar-refractivity contribution is -0.130. The van der Waals surface area contributed by atoms with Crippen molar-refractivity contribution in [2.45, 2.75) is 76.8 Å². The predicted octanol–water partition coefficient (Wildman–Crippen LogP) is 5.30. The fourth-order valence-corrected chi connectivity index (χ4v) is 8.63. The highest BCUT2D eigenvalue weighted by atomic mass is 16.5. The van der Waals surface area contributed by atoms with Gasteiger partial charge in [0.1, 0.15) is 17.3 Å². The quantitative estimate of drug-likeness (QED) is 0.220. The maximum Gasteiger partial charge on any atom is 0.256 e. The molecule has 2 fully saturated rings. The smallest absolute Gasteiger partial charge is 0.256 e. The SMILES string of the molecule is COc1cc(-c2cn(C)c(=O)c3c2C=NC3)cc(OC)c1CN1CCn2c(CN3CCC(c4ccc(NC5CCC(=O)CC5=O)cc4)CC3)ccc2C1. The molecule has 53 heavy (non-hydrogen) atoms. The first-order valence-electron chi connectivity index (χ1n) is 18.8. The van der Waals surface area contributed by atoms with E-state index in [1.54, 1.807) is 32.0 Å². The Kier molecular flexibility index (Phi) is 9.78. The summed E-state index contributed by atoms with van der Waals surface area (Å²) in [6, 6.07) is 17.0. The van der Waals surface area contributed by atoms with E-state index in [0.29, 0.717) is 31.8 Å². The first kappa shape index (κ1) is 35.1. The number of ketones is 2.